The summed E-state index contributed by atoms with van der Waals surface area (Å²) in [6.07, 6.45) is 2.45. The zero-order chi connectivity index (χ0) is 14.7. The molecule has 1 aromatic heterocycles. The Balaban J connectivity index is 2.12. The van der Waals surface area contributed by atoms with E-state index >= 15 is 0 Å². The molecular weight excluding hydrogens is 270 g/mol. The lowest BCUT2D eigenvalue weighted by Crippen LogP contribution is -2.30. The Labute approximate surface area is 123 Å². The van der Waals surface area contributed by atoms with Crippen molar-refractivity contribution in [1.29, 1.82) is 0 Å². The third kappa shape index (κ3) is 3.36. The lowest BCUT2D eigenvalue weighted by molar-refractivity contribution is -0.121. The first-order chi connectivity index (χ1) is 9.47. The van der Waals surface area contributed by atoms with Crippen LogP contribution in [0.5, 0.6) is 0 Å². The molecule has 20 heavy (non-hydrogen) atoms. The van der Waals surface area contributed by atoms with Crippen molar-refractivity contribution < 1.29 is 4.79 Å². The number of thiocarbonyl (C=S) groups is 1. The molecule has 0 saturated carbocycles. The maximum Gasteiger partial charge on any atom is 0.221 e. The molecule has 0 atom stereocenters. The van der Waals surface area contributed by atoms with E-state index in [0.717, 1.165) is 16.5 Å². The van der Waals surface area contributed by atoms with Crippen molar-refractivity contribution >= 4 is 34.0 Å². The van der Waals surface area contributed by atoms with Gasteiger partial charge in [-0.05, 0) is 38.1 Å². The Morgan fingerprint density at radius 2 is 2.15 bits per heavy atom. The average molecular weight is 289 g/mol. The van der Waals surface area contributed by atoms with Crippen LogP contribution in [0.3, 0.4) is 0 Å². The van der Waals surface area contributed by atoms with Crippen molar-refractivity contribution in [3.63, 3.8) is 0 Å². The summed E-state index contributed by atoms with van der Waals surface area (Å²) < 4.78 is 2.07. The number of benzene rings is 1. The molecule has 5 heteroatoms. The lowest BCUT2D eigenvalue weighted by Gasteiger charge is -2.09. The summed E-state index contributed by atoms with van der Waals surface area (Å²) in [5.74, 6) is 0.0709. The van der Waals surface area contributed by atoms with Crippen LogP contribution >= 0.6 is 12.2 Å². The molecule has 0 fully saturated rings. The third-order valence-corrected chi connectivity index (χ3v) is 3.32. The number of nitrogens with one attached hydrogen (secondary N) is 1. The molecule has 2 rings (SSSR count). The zero-order valence-corrected chi connectivity index (χ0v) is 12.5. The molecule has 0 spiro atoms. The average Bonchev–Trinajstić information content (AvgIpc) is 2.77. The number of amides is 1. The first-order valence-corrected chi connectivity index (χ1v) is 7.06. The molecule has 1 aromatic carbocycles. The van der Waals surface area contributed by atoms with Crippen molar-refractivity contribution in [2.24, 2.45) is 5.73 Å². The smallest absolute Gasteiger partial charge is 0.221 e. The zero-order valence-electron chi connectivity index (χ0n) is 11.7. The summed E-state index contributed by atoms with van der Waals surface area (Å²) in [7, 11) is 0. The second-order valence-electron chi connectivity index (χ2n) is 5.12. The highest BCUT2D eigenvalue weighted by atomic mass is 32.1. The maximum atomic E-state index is 11.7. The summed E-state index contributed by atoms with van der Waals surface area (Å²) >= 11 is 4.98. The molecule has 0 radical (unpaired) electrons. The van der Waals surface area contributed by atoms with Gasteiger partial charge < -0.3 is 15.6 Å². The monoisotopic (exact) mass is 289 g/mol. The SMILES string of the molecule is CC(C)NC(=O)CCn1ccc2cc(C(N)=S)ccc21. The van der Waals surface area contributed by atoms with E-state index in [1.54, 1.807) is 0 Å². The molecule has 4 nitrogen and oxygen atoms in total. The number of carbonyl (C=O) groups is 1. The molecular formula is C15H19N3OS. The first-order valence-electron chi connectivity index (χ1n) is 6.65. The van der Waals surface area contributed by atoms with Crippen LogP contribution in [0, 0.1) is 0 Å². The van der Waals surface area contributed by atoms with E-state index in [4.69, 9.17) is 18.0 Å². The molecule has 0 unspecified atom stereocenters. The van der Waals surface area contributed by atoms with Gasteiger partial charge in [-0.3, -0.25) is 4.79 Å². The molecule has 0 saturated heterocycles. The van der Waals surface area contributed by atoms with Gasteiger partial charge in [-0.25, -0.2) is 0 Å². The summed E-state index contributed by atoms with van der Waals surface area (Å²) in [5, 5.41) is 3.97. The van der Waals surface area contributed by atoms with Crippen LogP contribution in [0.2, 0.25) is 0 Å². The summed E-state index contributed by atoms with van der Waals surface area (Å²) in [6.45, 7) is 4.58. The minimum absolute atomic E-state index is 0.0709. The van der Waals surface area contributed by atoms with E-state index in [1.165, 1.54) is 0 Å². The number of fused-ring (bicyclic) bond motifs is 1. The van der Waals surface area contributed by atoms with Gasteiger partial charge in [-0.1, -0.05) is 12.2 Å². The van der Waals surface area contributed by atoms with E-state index in [9.17, 15) is 4.79 Å². The van der Waals surface area contributed by atoms with Crippen LogP contribution in [0.25, 0.3) is 10.9 Å². The highest BCUT2D eigenvalue weighted by Crippen LogP contribution is 2.18. The lowest BCUT2D eigenvalue weighted by atomic mass is 10.1. The molecule has 3 N–H and O–H groups in total. The minimum atomic E-state index is 0.0709. The maximum absolute atomic E-state index is 11.7. The van der Waals surface area contributed by atoms with Crippen molar-refractivity contribution in [1.82, 2.24) is 9.88 Å². The van der Waals surface area contributed by atoms with Gasteiger partial charge in [0.2, 0.25) is 5.91 Å². The number of hydrogen-bond donors (Lipinski definition) is 2. The van der Waals surface area contributed by atoms with Crippen LogP contribution < -0.4 is 11.1 Å². The van der Waals surface area contributed by atoms with E-state index in [0.29, 0.717) is 18.0 Å². The van der Waals surface area contributed by atoms with E-state index in [-0.39, 0.29) is 11.9 Å². The number of nitrogens with zero attached hydrogens (tertiary/aromatic N) is 1. The van der Waals surface area contributed by atoms with Gasteiger partial charge in [0.25, 0.3) is 0 Å². The van der Waals surface area contributed by atoms with E-state index in [2.05, 4.69) is 9.88 Å². The normalized spacial score (nSPS) is 10.9. The fraction of sp³-hybridized carbons (Fsp3) is 0.333. The summed E-state index contributed by atoms with van der Waals surface area (Å²) in [5.41, 5.74) is 7.58. The summed E-state index contributed by atoms with van der Waals surface area (Å²) in [6, 6.07) is 8.07. The number of aromatic nitrogens is 1. The van der Waals surface area contributed by atoms with Gasteiger partial charge in [0.1, 0.15) is 4.99 Å². The van der Waals surface area contributed by atoms with Gasteiger partial charge in [0.05, 0.1) is 0 Å². The van der Waals surface area contributed by atoms with Crippen LogP contribution in [0.4, 0.5) is 0 Å². The Kier molecular flexibility index (Phi) is 4.39. The number of hydrogen-bond acceptors (Lipinski definition) is 2. The fourth-order valence-electron chi connectivity index (χ4n) is 2.16. The predicted molar refractivity (Wildman–Crippen MR) is 85.7 cm³/mol. The molecule has 2 aromatic rings. The van der Waals surface area contributed by atoms with Crippen molar-refractivity contribution in [2.75, 3.05) is 0 Å². The third-order valence-electron chi connectivity index (χ3n) is 3.08. The van der Waals surface area contributed by atoms with Crippen molar-refractivity contribution in [3.05, 3.63) is 36.0 Å². The molecule has 0 aliphatic rings. The molecule has 1 amide bonds. The number of rotatable bonds is 5. The van der Waals surface area contributed by atoms with Crippen LogP contribution in [-0.2, 0) is 11.3 Å². The highest BCUT2D eigenvalue weighted by Gasteiger charge is 2.07. The Bertz CT molecular complexity index is 646. The molecule has 0 bridgehead atoms. The quantitative estimate of drug-likeness (QED) is 0.830. The Hall–Kier alpha value is -1.88. The van der Waals surface area contributed by atoms with Crippen molar-refractivity contribution in [3.8, 4) is 0 Å². The van der Waals surface area contributed by atoms with Gasteiger partial charge in [0.15, 0.2) is 0 Å². The van der Waals surface area contributed by atoms with Gasteiger partial charge in [-0.2, -0.15) is 0 Å². The van der Waals surface area contributed by atoms with Crippen LogP contribution in [0.1, 0.15) is 25.8 Å². The summed E-state index contributed by atoms with van der Waals surface area (Å²) in [4.78, 5) is 12.1. The fourth-order valence-corrected chi connectivity index (χ4v) is 2.29. The molecule has 1 heterocycles. The topological polar surface area (TPSA) is 60.0 Å². The van der Waals surface area contributed by atoms with E-state index < -0.39 is 0 Å². The largest absolute Gasteiger partial charge is 0.389 e. The molecule has 106 valence electrons. The minimum Gasteiger partial charge on any atom is -0.389 e. The Morgan fingerprint density at radius 3 is 2.80 bits per heavy atom. The number of aryl methyl sites for hydroxylation is 1. The predicted octanol–water partition coefficient (Wildman–Crippen LogP) is 2.19. The number of nitrogens with two attached hydrogens (primary N) is 1. The second-order valence-corrected chi connectivity index (χ2v) is 5.56. The number of carbonyl (C=O) groups excluding carboxylic acids is 1. The van der Waals surface area contributed by atoms with Crippen molar-refractivity contribution in [2.45, 2.75) is 32.9 Å². The first kappa shape index (κ1) is 14.5. The second kappa shape index (κ2) is 6.05. The van der Waals surface area contributed by atoms with Gasteiger partial charge in [0, 0.05) is 41.7 Å². The highest BCUT2D eigenvalue weighted by molar-refractivity contribution is 7.80. The van der Waals surface area contributed by atoms with Gasteiger partial charge in [-0.15, -0.1) is 0 Å². The molecule has 0 aliphatic heterocycles. The molecule has 0 aliphatic carbocycles. The van der Waals surface area contributed by atoms with Crippen LogP contribution in [-0.4, -0.2) is 21.5 Å². The standard InChI is InChI=1S/C15H19N3OS/c1-10(2)17-14(19)6-8-18-7-5-11-9-12(15(16)20)3-4-13(11)18/h3-5,7,9-10H,6,8H2,1-2H3,(H2,16,20)(H,17,19). The van der Waals surface area contributed by atoms with E-state index in [1.807, 2.05) is 44.3 Å². The van der Waals surface area contributed by atoms with Crippen LogP contribution in [0.15, 0.2) is 30.5 Å². The Morgan fingerprint density at radius 1 is 1.40 bits per heavy atom. The van der Waals surface area contributed by atoms with Gasteiger partial charge >= 0.3 is 0 Å².